The smallest absolute Gasteiger partial charge is 0.293 e. The molecule has 3 aromatic rings. The lowest BCUT2D eigenvalue weighted by Gasteiger charge is -2.23. The molecule has 3 heterocycles. The lowest BCUT2D eigenvalue weighted by atomic mass is 10.1. The third-order valence-electron chi connectivity index (χ3n) is 5.07. The number of hydrogen-bond acceptors (Lipinski definition) is 5. The van der Waals surface area contributed by atoms with E-state index in [1.807, 2.05) is 25.1 Å². The van der Waals surface area contributed by atoms with Gasteiger partial charge in [0.25, 0.3) is 5.56 Å². The first-order valence-electron chi connectivity index (χ1n) is 9.31. The number of benzene rings is 1. The molecule has 4 rings (SSSR count). The molecule has 1 aliphatic rings. The average Bonchev–Trinajstić information content (AvgIpc) is 3.12. The Morgan fingerprint density at radius 1 is 1.15 bits per heavy atom. The zero-order chi connectivity index (χ0) is 19.0. The molecule has 0 bridgehead atoms. The van der Waals surface area contributed by atoms with Gasteiger partial charge in [0.05, 0.1) is 30.8 Å². The maximum atomic E-state index is 13.1. The molecule has 27 heavy (non-hydrogen) atoms. The van der Waals surface area contributed by atoms with Crippen molar-refractivity contribution < 1.29 is 9.47 Å². The van der Waals surface area contributed by atoms with Crippen LogP contribution in [0.3, 0.4) is 0 Å². The highest BCUT2D eigenvalue weighted by Crippen LogP contribution is 2.19. The van der Waals surface area contributed by atoms with Crippen molar-refractivity contribution in [1.82, 2.24) is 19.6 Å². The molecule has 0 saturated carbocycles. The molecule has 0 atom stereocenters. The Morgan fingerprint density at radius 2 is 1.93 bits per heavy atom. The van der Waals surface area contributed by atoms with Gasteiger partial charge in [0.2, 0.25) is 0 Å². The minimum atomic E-state index is -0.270. The molecule has 142 valence electrons. The fourth-order valence-corrected chi connectivity index (χ4v) is 3.36. The molecule has 7 heteroatoms. The van der Waals surface area contributed by atoms with Gasteiger partial charge in [0.15, 0.2) is 6.29 Å². The van der Waals surface area contributed by atoms with Gasteiger partial charge >= 0.3 is 0 Å². The summed E-state index contributed by atoms with van der Waals surface area (Å²) < 4.78 is 14.4. The lowest BCUT2D eigenvalue weighted by molar-refractivity contribution is -0.182. The normalized spacial score (nSPS) is 15.5. The molecule has 2 aromatic heterocycles. The van der Waals surface area contributed by atoms with Gasteiger partial charge in [-0.2, -0.15) is 10.2 Å². The Hall–Kier alpha value is -2.51. The predicted molar refractivity (Wildman–Crippen MR) is 102 cm³/mol. The first-order valence-corrected chi connectivity index (χ1v) is 9.31. The van der Waals surface area contributed by atoms with E-state index in [2.05, 4.69) is 24.0 Å². The number of ether oxygens (including phenoxy) is 2. The van der Waals surface area contributed by atoms with Gasteiger partial charge in [-0.1, -0.05) is 6.07 Å². The topological polar surface area (TPSA) is 71.2 Å². The number of fused-ring (bicyclic) bond motifs is 1. The van der Waals surface area contributed by atoms with Crippen LogP contribution in [0.4, 0.5) is 0 Å². The van der Waals surface area contributed by atoms with Crippen LogP contribution in [0.1, 0.15) is 29.7 Å². The Labute approximate surface area is 157 Å². The molecular formula is C20H24N4O3. The van der Waals surface area contributed by atoms with Crippen LogP contribution >= 0.6 is 0 Å². The number of aromatic nitrogens is 4. The van der Waals surface area contributed by atoms with Crippen LogP contribution in [0, 0.1) is 20.8 Å². The number of hydrogen-bond donors (Lipinski definition) is 0. The van der Waals surface area contributed by atoms with Gasteiger partial charge in [0, 0.05) is 18.4 Å². The molecule has 0 N–H and O–H groups in total. The Balaban J connectivity index is 1.73. The fraction of sp³-hybridized carbons (Fsp3) is 0.450. The summed E-state index contributed by atoms with van der Waals surface area (Å²) in [5.74, 6) is 0. The van der Waals surface area contributed by atoms with Gasteiger partial charge in [-0.3, -0.25) is 4.79 Å². The summed E-state index contributed by atoms with van der Waals surface area (Å²) in [7, 11) is 0. The van der Waals surface area contributed by atoms with E-state index in [0.717, 1.165) is 28.8 Å². The van der Waals surface area contributed by atoms with Gasteiger partial charge in [-0.05, 0) is 50.5 Å². The van der Waals surface area contributed by atoms with E-state index in [4.69, 9.17) is 9.47 Å². The van der Waals surface area contributed by atoms with Crippen molar-refractivity contribution in [3.8, 4) is 5.69 Å². The van der Waals surface area contributed by atoms with E-state index in [9.17, 15) is 4.79 Å². The molecule has 0 aliphatic carbocycles. The van der Waals surface area contributed by atoms with Crippen LogP contribution in [0.15, 0.2) is 29.2 Å². The van der Waals surface area contributed by atoms with Crippen LogP contribution in [0.25, 0.3) is 16.6 Å². The molecule has 7 nitrogen and oxygen atoms in total. The second kappa shape index (κ2) is 7.25. The first-order chi connectivity index (χ1) is 13.0. The summed E-state index contributed by atoms with van der Waals surface area (Å²) in [5, 5.41) is 9.70. The summed E-state index contributed by atoms with van der Waals surface area (Å²) in [4.78, 5) is 13.1. The molecule has 0 amide bonds. The maximum Gasteiger partial charge on any atom is 0.293 e. The summed E-state index contributed by atoms with van der Waals surface area (Å²) in [6, 6.07) is 6.07. The van der Waals surface area contributed by atoms with Crippen LogP contribution in [0.2, 0.25) is 0 Å². The molecule has 1 saturated heterocycles. The Kier molecular flexibility index (Phi) is 4.80. The standard InChI is InChI=1S/C20H24N4O3/c1-13-5-6-16(11-14(13)2)24-19-17(12-21-24)15(3)22-23(20(19)25)8-7-18-26-9-4-10-27-18/h5-6,11-12,18H,4,7-10H2,1-3H3. The van der Waals surface area contributed by atoms with Crippen molar-refractivity contribution >= 4 is 10.9 Å². The molecular weight excluding hydrogens is 344 g/mol. The van der Waals surface area contributed by atoms with Crippen molar-refractivity contribution in [3.05, 3.63) is 51.6 Å². The number of rotatable bonds is 4. The van der Waals surface area contributed by atoms with Crippen molar-refractivity contribution in [1.29, 1.82) is 0 Å². The minimum absolute atomic E-state index is 0.151. The summed E-state index contributed by atoms with van der Waals surface area (Å²) in [5.41, 5.74) is 4.43. The Morgan fingerprint density at radius 3 is 2.67 bits per heavy atom. The highest BCUT2D eigenvalue weighted by atomic mass is 16.7. The zero-order valence-electron chi connectivity index (χ0n) is 15.9. The molecule has 1 fully saturated rings. The van der Waals surface area contributed by atoms with Crippen molar-refractivity contribution in [2.24, 2.45) is 0 Å². The van der Waals surface area contributed by atoms with E-state index in [-0.39, 0.29) is 11.8 Å². The maximum absolute atomic E-state index is 13.1. The summed E-state index contributed by atoms with van der Waals surface area (Å²) >= 11 is 0. The van der Waals surface area contributed by atoms with Crippen molar-refractivity contribution in [2.75, 3.05) is 13.2 Å². The Bertz CT molecular complexity index is 1030. The second-order valence-electron chi connectivity index (χ2n) is 7.01. The van der Waals surface area contributed by atoms with Gasteiger partial charge in [0.1, 0.15) is 5.52 Å². The summed E-state index contributed by atoms with van der Waals surface area (Å²) in [6.07, 6.45) is 2.95. The van der Waals surface area contributed by atoms with E-state index >= 15 is 0 Å². The monoisotopic (exact) mass is 368 g/mol. The quantitative estimate of drug-likeness (QED) is 0.708. The minimum Gasteiger partial charge on any atom is -0.353 e. The molecule has 0 radical (unpaired) electrons. The van der Waals surface area contributed by atoms with Gasteiger partial charge in [-0.25, -0.2) is 9.36 Å². The van der Waals surface area contributed by atoms with E-state index in [1.165, 1.54) is 10.2 Å². The highest BCUT2D eigenvalue weighted by molar-refractivity contribution is 5.81. The third-order valence-corrected chi connectivity index (χ3v) is 5.07. The molecule has 0 spiro atoms. The lowest BCUT2D eigenvalue weighted by Crippen LogP contribution is -2.30. The zero-order valence-corrected chi connectivity index (χ0v) is 15.9. The van der Waals surface area contributed by atoms with Gasteiger partial charge in [-0.15, -0.1) is 0 Å². The molecule has 1 aliphatic heterocycles. The third kappa shape index (κ3) is 3.40. The first kappa shape index (κ1) is 17.9. The van der Waals surface area contributed by atoms with Crippen LogP contribution < -0.4 is 5.56 Å². The summed E-state index contributed by atoms with van der Waals surface area (Å²) in [6.45, 7) is 7.86. The van der Waals surface area contributed by atoms with Crippen LogP contribution in [-0.4, -0.2) is 39.1 Å². The van der Waals surface area contributed by atoms with Crippen molar-refractivity contribution in [3.63, 3.8) is 0 Å². The number of nitrogens with zero attached hydrogens (tertiary/aromatic N) is 4. The predicted octanol–water partition coefficient (Wildman–Crippen LogP) is 2.66. The largest absolute Gasteiger partial charge is 0.353 e. The fourth-order valence-electron chi connectivity index (χ4n) is 3.36. The number of aryl methyl sites for hydroxylation is 4. The van der Waals surface area contributed by atoms with E-state index < -0.39 is 0 Å². The molecule has 0 unspecified atom stereocenters. The second-order valence-corrected chi connectivity index (χ2v) is 7.01. The van der Waals surface area contributed by atoms with E-state index in [1.54, 1.807) is 10.9 Å². The SMILES string of the molecule is Cc1ccc(-n2ncc3c(C)nn(CCC4OCCCO4)c(=O)c32)cc1C. The van der Waals surface area contributed by atoms with Crippen LogP contribution in [-0.2, 0) is 16.0 Å². The van der Waals surface area contributed by atoms with Gasteiger partial charge < -0.3 is 9.47 Å². The highest BCUT2D eigenvalue weighted by Gasteiger charge is 2.18. The molecule has 1 aromatic carbocycles. The van der Waals surface area contributed by atoms with Crippen molar-refractivity contribution in [2.45, 2.75) is 46.4 Å². The van der Waals surface area contributed by atoms with Crippen LogP contribution in [0.5, 0.6) is 0 Å². The average molecular weight is 368 g/mol. The van der Waals surface area contributed by atoms with E-state index in [0.29, 0.717) is 31.7 Å².